The molecule has 56 heavy (non-hydrogen) atoms. The fourth-order valence-corrected chi connectivity index (χ4v) is 7.72. The van der Waals surface area contributed by atoms with E-state index in [9.17, 15) is 35.9 Å². The van der Waals surface area contributed by atoms with Crippen molar-refractivity contribution >= 4 is 44.3 Å². The van der Waals surface area contributed by atoms with Crippen LogP contribution in [0.25, 0.3) is 22.0 Å². The van der Waals surface area contributed by atoms with Crippen molar-refractivity contribution in [1.82, 2.24) is 29.9 Å². The van der Waals surface area contributed by atoms with Crippen LogP contribution in [0.3, 0.4) is 0 Å². The number of aliphatic hydroxyl groups is 1. The molecule has 4 atom stereocenters. The third-order valence-electron chi connectivity index (χ3n) is 9.13. The van der Waals surface area contributed by atoms with Gasteiger partial charge in [-0.25, -0.2) is 31.0 Å². The molecule has 290 valence electrons. The largest absolute Gasteiger partial charge is 0.381 e. The highest BCUT2D eigenvalue weighted by Gasteiger charge is 2.60. The van der Waals surface area contributed by atoms with E-state index in [1.807, 2.05) is 0 Å². The van der Waals surface area contributed by atoms with Gasteiger partial charge in [0.25, 0.3) is 6.43 Å². The zero-order valence-electron chi connectivity index (χ0n) is 29.3. The van der Waals surface area contributed by atoms with Crippen molar-refractivity contribution < 1.29 is 44.7 Å². The van der Waals surface area contributed by atoms with Crippen LogP contribution in [0.4, 0.5) is 32.2 Å². The third kappa shape index (κ3) is 7.15. The van der Waals surface area contributed by atoms with Gasteiger partial charge in [-0.1, -0.05) is 35.4 Å². The van der Waals surface area contributed by atoms with Gasteiger partial charge in [-0.15, -0.1) is 0 Å². The summed E-state index contributed by atoms with van der Waals surface area (Å²) in [6.07, 6.45) is -3.75. The minimum absolute atomic E-state index is 0.0126. The van der Waals surface area contributed by atoms with E-state index in [1.165, 1.54) is 30.8 Å². The van der Waals surface area contributed by atoms with E-state index in [0.717, 1.165) is 18.4 Å². The van der Waals surface area contributed by atoms with E-state index in [2.05, 4.69) is 48.9 Å². The van der Waals surface area contributed by atoms with E-state index >= 15 is 8.78 Å². The molecule has 7 rings (SSSR count). The van der Waals surface area contributed by atoms with Gasteiger partial charge in [0, 0.05) is 29.8 Å². The van der Waals surface area contributed by atoms with Crippen LogP contribution in [0, 0.1) is 41.2 Å². The number of rotatable bonds is 10. The number of amides is 1. The zero-order chi connectivity index (χ0) is 40.4. The predicted molar refractivity (Wildman–Crippen MR) is 192 cm³/mol. The molecule has 0 saturated carbocycles. The smallest absolute Gasteiger partial charge is 0.304 e. The van der Waals surface area contributed by atoms with Crippen LogP contribution in [-0.4, -0.2) is 56.3 Å². The average Bonchev–Trinajstić information content (AvgIpc) is 3.64. The molecule has 0 aliphatic heterocycles. The van der Waals surface area contributed by atoms with E-state index < -0.39 is 87.4 Å². The van der Waals surface area contributed by atoms with Gasteiger partial charge in [0.15, 0.2) is 5.82 Å². The van der Waals surface area contributed by atoms with Crippen LogP contribution in [0.5, 0.6) is 0 Å². The van der Waals surface area contributed by atoms with Gasteiger partial charge in [-0.2, -0.15) is 19.0 Å². The van der Waals surface area contributed by atoms with E-state index in [-0.39, 0.29) is 45.2 Å². The van der Waals surface area contributed by atoms with Crippen LogP contribution in [-0.2, 0) is 40.8 Å². The Kier molecular flexibility index (Phi) is 9.80. The summed E-state index contributed by atoms with van der Waals surface area (Å²) < 4.78 is 117. The normalized spacial score (nSPS) is 17.6. The molecule has 0 saturated heterocycles. The van der Waals surface area contributed by atoms with Gasteiger partial charge in [-0.05, 0) is 55.2 Å². The van der Waals surface area contributed by atoms with Crippen LogP contribution >= 0.6 is 11.6 Å². The maximum atomic E-state index is 15.5. The Morgan fingerprint density at radius 2 is 1.77 bits per heavy atom. The second-order valence-electron chi connectivity index (χ2n) is 13.3. The molecule has 1 amide bonds. The van der Waals surface area contributed by atoms with Crippen LogP contribution < -0.4 is 10.0 Å². The topological polar surface area (TPSA) is 144 Å². The van der Waals surface area contributed by atoms with E-state index in [4.69, 9.17) is 11.6 Å². The molecule has 3 heterocycles. The summed E-state index contributed by atoms with van der Waals surface area (Å²) in [7, 11) is -2.32. The Labute approximate surface area is 320 Å². The molecule has 2 aliphatic carbocycles. The first kappa shape index (κ1) is 38.7. The van der Waals surface area contributed by atoms with Crippen LogP contribution in [0.2, 0.25) is 5.02 Å². The Morgan fingerprint density at radius 1 is 1.07 bits per heavy atom. The summed E-state index contributed by atoms with van der Waals surface area (Å²) in [6.45, 7) is 0.438. The summed E-state index contributed by atoms with van der Waals surface area (Å²) in [5, 5.41) is 20.8. The van der Waals surface area contributed by atoms with Crippen molar-refractivity contribution in [2.75, 3.05) is 11.0 Å². The maximum absolute atomic E-state index is 15.5. The number of nitrogens with zero attached hydrogens (tertiary/aromatic N) is 5. The molecule has 19 heteroatoms. The lowest BCUT2D eigenvalue weighted by Crippen LogP contribution is -2.36. The highest BCUT2D eigenvalue weighted by Crippen LogP contribution is 2.57. The molecule has 5 aromatic rings. The van der Waals surface area contributed by atoms with Gasteiger partial charge in [0.1, 0.15) is 47.3 Å². The van der Waals surface area contributed by atoms with Crippen molar-refractivity contribution in [3.63, 3.8) is 0 Å². The number of anilines is 1. The number of carbonyl (C=O) groups excluding carboxylic acids is 1. The lowest BCUT2D eigenvalue weighted by molar-refractivity contribution is -0.123. The molecule has 0 fully saturated rings. The van der Waals surface area contributed by atoms with Crippen molar-refractivity contribution in [3.8, 4) is 34.8 Å². The quantitative estimate of drug-likeness (QED) is 0.121. The number of fused-ring (bicyclic) bond motifs is 4. The maximum Gasteiger partial charge on any atom is 0.304 e. The molecule has 0 radical (unpaired) electrons. The summed E-state index contributed by atoms with van der Waals surface area (Å²) in [6, 6.07) is 7.38. The number of pyridine rings is 1. The first-order valence-corrected chi connectivity index (χ1v) is 19.0. The summed E-state index contributed by atoms with van der Waals surface area (Å²) in [4.78, 5) is 18.6. The fourth-order valence-electron chi connectivity index (χ4n) is 6.98. The number of hydrogen-bond acceptors (Lipinski definition) is 7. The lowest BCUT2D eigenvalue weighted by atomic mass is 9.84. The van der Waals surface area contributed by atoms with Crippen LogP contribution in [0.15, 0.2) is 42.5 Å². The van der Waals surface area contributed by atoms with Crippen molar-refractivity contribution in [2.24, 2.45) is 13.0 Å². The highest BCUT2D eigenvalue weighted by atomic mass is 35.5. The SMILES string of the molecule is C[C@H](O)C#Cc1ccc(-c2ccc(Cl)c3c(NS(C)(=O)=O)nn(C)c23)c(C(Cc2cc(F)cc(F)c2)NC(=O)Cn2nc(C(F)F)c3c2C(F)(F)[C@@H]2C#C[C@H]32)n1. The first-order chi connectivity index (χ1) is 26.3. The van der Waals surface area contributed by atoms with Gasteiger partial charge >= 0.3 is 5.92 Å². The van der Waals surface area contributed by atoms with Gasteiger partial charge in [-0.3, -0.25) is 18.9 Å². The average molecular weight is 816 g/mol. The number of benzene rings is 2. The van der Waals surface area contributed by atoms with Gasteiger partial charge < -0.3 is 10.4 Å². The Bertz CT molecular complexity index is 2680. The van der Waals surface area contributed by atoms with Gasteiger partial charge in [0.2, 0.25) is 15.9 Å². The molecule has 0 bridgehead atoms. The molecule has 2 aromatic carbocycles. The second-order valence-corrected chi connectivity index (χ2v) is 15.5. The standard InChI is InChI=1S/C37H28ClF6N7O4S/c1-17(52)4-5-21-6-7-22(23-9-11-26(38)30-33(23)50(2)48-36(30)49-56(3,54)55)31(45-21)27(14-18-12-19(39)15-20(40)13-18)46-28(53)16-51-34-29(32(47-51)35(41)42)24-8-10-25(24)37(34,43)44/h6-7,9,11-13,15,17,24-25,27,35,52H,14,16H2,1-3H3,(H,46,53)(H,48,49)/t17-,24-,25+,27?/m0/s1. The molecule has 1 unspecified atom stereocenters. The number of hydrogen-bond donors (Lipinski definition) is 3. The Balaban J connectivity index is 1.38. The lowest BCUT2D eigenvalue weighted by Gasteiger charge is -2.24. The van der Waals surface area contributed by atoms with Crippen molar-refractivity contribution in [2.45, 2.75) is 50.3 Å². The number of aromatic nitrogens is 5. The molecule has 3 aromatic heterocycles. The summed E-state index contributed by atoms with van der Waals surface area (Å²) in [5.41, 5.74) is -1.20. The highest BCUT2D eigenvalue weighted by molar-refractivity contribution is 7.92. The fraction of sp³-hybridized carbons (Fsp3) is 0.297. The van der Waals surface area contributed by atoms with Crippen molar-refractivity contribution in [3.05, 3.63) is 93.0 Å². The Morgan fingerprint density at radius 3 is 2.39 bits per heavy atom. The van der Waals surface area contributed by atoms with Crippen molar-refractivity contribution in [1.29, 1.82) is 0 Å². The number of sulfonamides is 1. The number of halogens is 7. The minimum atomic E-state index is -3.83. The molecule has 2 aliphatic rings. The number of nitrogens with one attached hydrogen (secondary N) is 2. The zero-order valence-corrected chi connectivity index (χ0v) is 30.9. The minimum Gasteiger partial charge on any atom is -0.381 e. The summed E-state index contributed by atoms with van der Waals surface area (Å²) in [5.74, 6) is 0.648. The Hall–Kier alpha value is -5.56. The van der Waals surface area contributed by atoms with Gasteiger partial charge in [0.05, 0.1) is 39.8 Å². The monoisotopic (exact) mass is 815 g/mol. The second kappa shape index (κ2) is 14.2. The van der Waals surface area contributed by atoms with E-state index in [0.29, 0.717) is 21.8 Å². The molecule has 3 N–H and O–H groups in total. The summed E-state index contributed by atoms with van der Waals surface area (Å²) >= 11 is 6.56. The molecular weight excluding hydrogens is 788 g/mol. The van der Waals surface area contributed by atoms with E-state index in [1.54, 1.807) is 12.1 Å². The number of carbonyl (C=O) groups is 1. The number of alkyl halides is 4. The first-order valence-electron chi connectivity index (χ1n) is 16.7. The number of aryl methyl sites for hydroxylation is 1. The number of aliphatic hydroxyl groups excluding tert-OH is 1. The molecular formula is C37H28ClF6N7O4S. The van der Waals surface area contributed by atoms with Crippen LogP contribution in [0.1, 0.15) is 59.2 Å². The molecule has 11 nitrogen and oxygen atoms in total. The molecule has 0 spiro atoms. The predicted octanol–water partition coefficient (Wildman–Crippen LogP) is 5.73. The third-order valence-corrected chi connectivity index (χ3v) is 10.0.